The van der Waals surface area contributed by atoms with E-state index in [1.54, 1.807) is 7.11 Å². The summed E-state index contributed by atoms with van der Waals surface area (Å²) >= 11 is 0. The van der Waals surface area contributed by atoms with Gasteiger partial charge in [-0.25, -0.2) is 0 Å². The number of unbranched alkanes of at least 4 members (excludes halogenated alkanes) is 13. The van der Waals surface area contributed by atoms with Gasteiger partial charge < -0.3 is 27.9 Å². The molecule has 1 aliphatic heterocycles. The average molecular weight is 536 g/mol. The number of methoxy groups -OCH3 is 1. The van der Waals surface area contributed by atoms with Gasteiger partial charge in [-0.3, -0.25) is 4.57 Å². The van der Waals surface area contributed by atoms with E-state index in [4.69, 9.17) is 18.5 Å². The molecule has 1 saturated heterocycles. The van der Waals surface area contributed by atoms with Crippen LogP contribution < -0.4 is 4.89 Å². The Kier molecular flexibility index (Phi) is 20.7. The second-order valence-corrected chi connectivity index (χ2v) is 12.4. The van der Waals surface area contributed by atoms with Crippen molar-refractivity contribution in [3.8, 4) is 0 Å². The lowest BCUT2D eigenvalue weighted by Crippen LogP contribution is -2.49. The van der Waals surface area contributed by atoms with Gasteiger partial charge in [-0.15, -0.1) is 0 Å². The number of nitrogens with zero attached hydrogens (tertiary/aromatic N) is 1. The van der Waals surface area contributed by atoms with Gasteiger partial charge in [0.1, 0.15) is 19.3 Å². The molecular formula is C28H58NO6P. The molecule has 0 aliphatic carbocycles. The number of quaternary nitrogens is 1. The molecule has 36 heavy (non-hydrogen) atoms. The first-order valence-corrected chi connectivity index (χ1v) is 16.4. The third-order valence-electron chi connectivity index (χ3n) is 7.47. The third-order valence-corrected chi connectivity index (χ3v) is 8.44. The third kappa shape index (κ3) is 19.1. The first-order chi connectivity index (χ1) is 17.4. The SMILES string of the molecule is CCCCCCCCCCCCCCCCOCC(COP(=O)([O-])OCC[N+]1(C)CCCCC1)OC. The van der Waals surface area contributed by atoms with Crippen LogP contribution in [-0.4, -0.2) is 70.8 Å². The molecule has 0 amide bonds. The summed E-state index contributed by atoms with van der Waals surface area (Å²) in [7, 11) is -0.623. The summed E-state index contributed by atoms with van der Waals surface area (Å²) in [5, 5.41) is 0. The van der Waals surface area contributed by atoms with Gasteiger partial charge in [0.2, 0.25) is 0 Å². The fraction of sp³-hybridized carbons (Fsp3) is 1.00. The van der Waals surface area contributed by atoms with E-state index in [0.717, 1.165) is 24.0 Å². The molecule has 216 valence electrons. The van der Waals surface area contributed by atoms with Crippen LogP contribution in [0.5, 0.6) is 0 Å². The van der Waals surface area contributed by atoms with Gasteiger partial charge in [-0.1, -0.05) is 90.4 Å². The zero-order valence-electron chi connectivity index (χ0n) is 23.9. The number of hydrogen-bond acceptors (Lipinski definition) is 6. The summed E-state index contributed by atoms with van der Waals surface area (Å²) in [5.74, 6) is 0. The average Bonchev–Trinajstić information content (AvgIpc) is 2.85. The van der Waals surface area contributed by atoms with Gasteiger partial charge in [0, 0.05) is 13.7 Å². The number of likely N-dealkylation sites (tertiary alicyclic amines) is 1. The predicted octanol–water partition coefficient (Wildman–Crippen LogP) is 6.63. The molecule has 0 N–H and O–H groups in total. The van der Waals surface area contributed by atoms with E-state index in [9.17, 15) is 9.46 Å². The van der Waals surface area contributed by atoms with Crippen LogP contribution in [-0.2, 0) is 23.1 Å². The van der Waals surface area contributed by atoms with Crippen molar-refractivity contribution in [3.63, 3.8) is 0 Å². The van der Waals surface area contributed by atoms with Crippen molar-refractivity contribution in [2.45, 2.75) is 122 Å². The summed E-state index contributed by atoms with van der Waals surface area (Å²) < 4.78 is 34.1. The standard InChI is InChI=1S/C28H58NO6P/c1-4-5-6-7-8-9-10-11-12-13-14-15-16-20-24-33-26-28(32-3)27-35-36(30,31)34-25-23-29(2)21-18-17-19-22-29/h28H,4-27H2,1-3H3. The van der Waals surface area contributed by atoms with Crippen LogP contribution in [0.4, 0.5) is 0 Å². The maximum absolute atomic E-state index is 12.1. The van der Waals surface area contributed by atoms with Gasteiger partial charge in [0.15, 0.2) is 0 Å². The number of likely N-dealkylation sites (N-methyl/N-ethyl adjacent to an activating group) is 1. The van der Waals surface area contributed by atoms with Gasteiger partial charge in [0.25, 0.3) is 7.82 Å². The Hall–Kier alpha value is -0.0100. The van der Waals surface area contributed by atoms with Crippen LogP contribution in [0.25, 0.3) is 0 Å². The molecule has 0 saturated carbocycles. The number of piperidine rings is 1. The molecule has 1 rings (SSSR count). The maximum Gasteiger partial charge on any atom is 0.268 e. The lowest BCUT2D eigenvalue weighted by Gasteiger charge is -2.38. The van der Waals surface area contributed by atoms with Crippen molar-refractivity contribution < 1.29 is 32.5 Å². The highest BCUT2D eigenvalue weighted by Gasteiger charge is 2.25. The van der Waals surface area contributed by atoms with Crippen molar-refractivity contribution in [1.82, 2.24) is 0 Å². The zero-order valence-corrected chi connectivity index (χ0v) is 24.8. The molecule has 0 aromatic rings. The van der Waals surface area contributed by atoms with Crippen LogP contribution in [0.2, 0.25) is 0 Å². The normalized spacial score (nSPS) is 18.2. The van der Waals surface area contributed by atoms with E-state index in [0.29, 0.717) is 19.8 Å². The summed E-state index contributed by atoms with van der Waals surface area (Å²) in [4.78, 5) is 12.1. The first kappa shape index (κ1) is 34.0. The molecule has 1 aliphatic rings. The fourth-order valence-corrected chi connectivity index (χ4v) is 5.61. The summed E-state index contributed by atoms with van der Waals surface area (Å²) in [6.07, 6.45) is 21.9. The highest BCUT2D eigenvalue weighted by atomic mass is 31.2. The lowest BCUT2D eigenvalue weighted by atomic mass is 10.0. The molecule has 8 heteroatoms. The van der Waals surface area contributed by atoms with E-state index in [-0.39, 0.29) is 13.2 Å². The number of hydrogen-bond donors (Lipinski definition) is 0. The van der Waals surface area contributed by atoms with Crippen molar-refractivity contribution in [3.05, 3.63) is 0 Å². The number of rotatable bonds is 25. The van der Waals surface area contributed by atoms with Gasteiger partial charge in [-0.2, -0.15) is 0 Å². The molecular weight excluding hydrogens is 477 g/mol. The van der Waals surface area contributed by atoms with Crippen LogP contribution in [0.15, 0.2) is 0 Å². The molecule has 2 unspecified atom stereocenters. The van der Waals surface area contributed by atoms with E-state index in [1.165, 1.54) is 103 Å². The Morgan fingerprint density at radius 1 is 0.750 bits per heavy atom. The highest BCUT2D eigenvalue weighted by Crippen LogP contribution is 2.38. The molecule has 0 spiro atoms. The topological polar surface area (TPSA) is 77.1 Å². The number of phosphoric acid groups is 1. The van der Waals surface area contributed by atoms with E-state index in [1.807, 2.05) is 0 Å². The molecule has 0 radical (unpaired) electrons. The molecule has 1 heterocycles. The first-order valence-electron chi connectivity index (χ1n) is 14.9. The minimum Gasteiger partial charge on any atom is -0.756 e. The maximum atomic E-state index is 12.1. The molecule has 7 nitrogen and oxygen atoms in total. The van der Waals surface area contributed by atoms with Crippen molar-refractivity contribution in [2.24, 2.45) is 0 Å². The molecule has 2 atom stereocenters. The van der Waals surface area contributed by atoms with E-state index in [2.05, 4.69) is 14.0 Å². The Morgan fingerprint density at radius 3 is 1.81 bits per heavy atom. The van der Waals surface area contributed by atoms with E-state index >= 15 is 0 Å². The Morgan fingerprint density at radius 2 is 1.28 bits per heavy atom. The van der Waals surface area contributed by atoms with Crippen molar-refractivity contribution >= 4 is 7.82 Å². The Labute approximate surface area is 222 Å². The largest absolute Gasteiger partial charge is 0.756 e. The summed E-state index contributed by atoms with van der Waals surface area (Å²) in [5.41, 5.74) is 0. The molecule has 1 fully saturated rings. The molecule has 0 aromatic heterocycles. The van der Waals surface area contributed by atoms with Crippen LogP contribution in [0.3, 0.4) is 0 Å². The van der Waals surface area contributed by atoms with Gasteiger partial charge >= 0.3 is 0 Å². The minimum absolute atomic E-state index is 0.0812. The Balaban J connectivity index is 1.94. The minimum atomic E-state index is -4.33. The zero-order chi connectivity index (χ0) is 26.4. The lowest BCUT2D eigenvalue weighted by molar-refractivity contribution is -0.914. The second-order valence-electron chi connectivity index (χ2n) is 11.0. The predicted molar refractivity (Wildman–Crippen MR) is 146 cm³/mol. The number of ether oxygens (including phenoxy) is 2. The number of phosphoric ester groups is 1. The van der Waals surface area contributed by atoms with Crippen LogP contribution >= 0.6 is 7.82 Å². The Bertz CT molecular complexity index is 544. The van der Waals surface area contributed by atoms with Gasteiger partial charge in [-0.05, 0) is 25.7 Å². The quantitative estimate of drug-likeness (QED) is 0.0742. The summed E-state index contributed by atoms with van der Waals surface area (Å²) in [6.45, 7) is 6.18. The van der Waals surface area contributed by atoms with E-state index < -0.39 is 13.9 Å². The van der Waals surface area contributed by atoms with Crippen LogP contribution in [0, 0.1) is 0 Å². The fourth-order valence-electron chi connectivity index (χ4n) is 4.88. The monoisotopic (exact) mass is 535 g/mol. The second kappa shape index (κ2) is 21.9. The smallest absolute Gasteiger partial charge is 0.268 e. The highest BCUT2D eigenvalue weighted by molar-refractivity contribution is 7.45. The molecule has 0 aromatic carbocycles. The summed E-state index contributed by atoms with van der Waals surface area (Å²) in [6, 6.07) is 0. The van der Waals surface area contributed by atoms with Crippen LogP contribution in [0.1, 0.15) is 116 Å². The molecule has 0 bridgehead atoms. The van der Waals surface area contributed by atoms with Crippen molar-refractivity contribution in [1.29, 1.82) is 0 Å². The van der Waals surface area contributed by atoms with Gasteiger partial charge in [0.05, 0.1) is 33.4 Å². The van der Waals surface area contributed by atoms with Crippen molar-refractivity contribution in [2.75, 3.05) is 60.2 Å².